The number of oxazole rings is 1. The highest BCUT2D eigenvalue weighted by Gasteiger charge is 2.48. The molecule has 1 aromatic heterocycles. The van der Waals surface area contributed by atoms with Crippen LogP contribution in [0.25, 0.3) is 22.6 Å². The van der Waals surface area contributed by atoms with Crippen LogP contribution in [-0.4, -0.2) is 24.8 Å². The van der Waals surface area contributed by atoms with Crippen molar-refractivity contribution in [2.75, 3.05) is 5.32 Å². The number of hydrogen-bond acceptors (Lipinski definition) is 6. The normalized spacial score (nSPS) is 11.9. The van der Waals surface area contributed by atoms with E-state index in [1.54, 1.807) is 6.07 Å². The third-order valence-corrected chi connectivity index (χ3v) is 6.44. The Kier molecular flexibility index (Phi) is 5.62. The van der Waals surface area contributed by atoms with E-state index in [1.165, 1.54) is 18.2 Å². The number of anilines is 1. The summed E-state index contributed by atoms with van der Waals surface area (Å²) in [5.41, 5.74) is -3.93. The first kappa shape index (κ1) is 23.0. The number of amides is 1. The van der Waals surface area contributed by atoms with Gasteiger partial charge in [0, 0.05) is 11.3 Å². The Hall–Kier alpha value is -4.17. The van der Waals surface area contributed by atoms with Gasteiger partial charge in [0.05, 0.1) is 22.1 Å². The van der Waals surface area contributed by atoms with Crippen LogP contribution in [0.15, 0.2) is 70.0 Å². The third-order valence-electron chi connectivity index (χ3n) is 4.89. The van der Waals surface area contributed by atoms with Crippen molar-refractivity contribution in [1.29, 1.82) is 5.26 Å². The molecule has 11 heteroatoms. The quantitative estimate of drug-likeness (QED) is 0.424. The molecule has 0 fully saturated rings. The molecule has 34 heavy (non-hydrogen) atoms. The van der Waals surface area contributed by atoms with E-state index in [9.17, 15) is 26.4 Å². The summed E-state index contributed by atoms with van der Waals surface area (Å²) in [6.07, 6.45) is 0. The van der Waals surface area contributed by atoms with Gasteiger partial charge in [0.2, 0.25) is 5.89 Å². The smallest absolute Gasteiger partial charge is 0.436 e. The van der Waals surface area contributed by atoms with Crippen molar-refractivity contribution in [3.63, 3.8) is 0 Å². The molecule has 0 radical (unpaired) electrons. The van der Waals surface area contributed by atoms with Crippen LogP contribution in [0.5, 0.6) is 0 Å². The molecule has 0 aliphatic rings. The van der Waals surface area contributed by atoms with E-state index in [1.807, 2.05) is 31.2 Å². The maximum Gasteiger partial charge on any atom is 0.501 e. The molecule has 0 atom stereocenters. The van der Waals surface area contributed by atoms with Crippen molar-refractivity contribution in [1.82, 2.24) is 4.98 Å². The van der Waals surface area contributed by atoms with Crippen LogP contribution in [0.2, 0.25) is 0 Å². The summed E-state index contributed by atoms with van der Waals surface area (Å²) in [7, 11) is -5.83. The molecule has 0 saturated carbocycles. The first-order chi connectivity index (χ1) is 16.0. The molecule has 4 rings (SSSR count). The van der Waals surface area contributed by atoms with Crippen LogP contribution < -0.4 is 5.32 Å². The monoisotopic (exact) mass is 485 g/mol. The van der Waals surface area contributed by atoms with Crippen molar-refractivity contribution in [2.24, 2.45) is 0 Å². The van der Waals surface area contributed by atoms with Gasteiger partial charge in [0.15, 0.2) is 5.58 Å². The SMILES string of the molecule is Cc1ccc(-c2nc3cc(NC(=O)c4cc(C#N)ccc4S(=O)(=O)C(F)(F)F)ccc3o2)cc1. The molecule has 0 aliphatic carbocycles. The average Bonchev–Trinajstić information content (AvgIpc) is 3.21. The first-order valence-electron chi connectivity index (χ1n) is 9.64. The van der Waals surface area contributed by atoms with E-state index in [0.717, 1.165) is 23.3 Å². The third kappa shape index (κ3) is 4.23. The van der Waals surface area contributed by atoms with Crippen molar-refractivity contribution >= 4 is 32.5 Å². The van der Waals surface area contributed by atoms with Crippen molar-refractivity contribution < 1.29 is 30.8 Å². The lowest BCUT2D eigenvalue weighted by atomic mass is 10.1. The Bertz CT molecular complexity index is 1570. The molecule has 0 aliphatic heterocycles. The van der Waals surface area contributed by atoms with Gasteiger partial charge in [-0.1, -0.05) is 17.7 Å². The molecule has 4 aromatic rings. The minimum atomic E-state index is -5.83. The fraction of sp³-hybridized carbons (Fsp3) is 0.0870. The van der Waals surface area contributed by atoms with E-state index in [-0.39, 0.29) is 11.3 Å². The predicted molar refractivity (Wildman–Crippen MR) is 117 cm³/mol. The molecule has 1 heterocycles. The number of nitrogens with one attached hydrogen (secondary N) is 1. The fourth-order valence-electron chi connectivity index (χ4n) is 3.16. The molecule has 172 valence electrons. The Labute approximate surface area is 191 Å². The van der Waals surface area contributed by atoms with Gasteiger partial charge < -0.3 is 9.73 Å². The Morgan fingerprint density at radius 2 is 1.76 bits per heavy atom. The summed E-state index contributed by atoms with van der Waals surface area (Å²) >= 11 is 0. The van der Waals surface area contributed by atoms with Crippen LogP contribution >= 0.6 is 0 Å². The molecule has 1 amide bonds. The summed E-state index contributed by atoms with van der Waals surface area (Å²) in [5.74, 6) is -0.805. The van der Waals surface area contributed by atoms with Crippen LogP contribution in [0.1, 0.15) is 21.5 Å². The molecule has 0 bridgehead atoms. The first-order valence-corrected chi connectivity index (χ1v) is 11.1. The van der Waals surface area contributed by atoms with E-state index < -0.39 is 31.7 Å². The fourth-order valence-corrected chi connectivity index (χ4v) is 4.10. The number of sulfone groups is 1. The van der Waals surface area contributed by atoms with Crippen molar-refractivity contribution in [2.45, 2.75) is 17.3 Å². The largest absolute Gasteiger partial charge is 0.501 e. The minimum absolute atomic E-state index is 0.138. The van der Waals surface area contributed by atoms with Crippen LogP contribution in [0.3, 0.4) is 0 Å². The molecule has 3 aromatic carbocycles. The Balaban J connectivity index is 1.69. The van der Waals surface area contributed by atoms with Gasteiger partial charge in [-0.3, -0.25) is 4.79 Å². The molecule has 0 saturated heterocycles. The lowest BCUT2D eigenvalue weighted by Gasteiger charge is -2.13. The van der Waals surface area contributed by atoms with E-state index in [0.29, 0.717) is 23.1 Å². The molecule has 1 N–H and O–H groups in total. The van der Waals surface area contributed by atoms with Crippen LogP contribution in [0.4, 0.5) is 18.9 Å². The van der Waals surface area contributed by atoms with E-state index in [2.05, 4.69) is 10.3 Å². The van der Waals surface area contributed by atoms with Crippen molar-refractivity contribution in [3.8, 4) is 17.5 Å². The highest BCUT2D eigenvalue weighted by atomic mass is 32.2. The minimum Gasteiger partial charge on any atom is -0.436 e. The molecule has 0 unspecified atom stereocenters. The number of halogens is 3. The topological polar surface area (TPSA) is 113 Å². The van der Waals surface area contributed by atoms with Gasteiger partial charge in [-0.05, 0) is 55.5 Å². The highest BCUT2D eigenvalue weighted by Crippen LogP contribution is 2.33. The van der Waals surface area contributed by atoms with Crippen LogP contribution in [-0.2, 0) is 9.84 Å². The summed E-state index contributed by atoms with van der Waals surface area (Å²) < 4.78 is 68.9. The average molecular weight is 485 g/mol. The number of carbonyl (C=O) groups excluding carboxylic acids is 1. The van der Waals surface area contributed by atoms with Gasteiger partial charge in [0.1, 0.15) is 5.52 Å². The molecular formula is C23H14F3N3O4S. The number of nitriles is 1. The maximum atomic E-state index is 13.1. The molecule has 0 spiro atoms. The second-order valence-corrected chi connectivity index (χ2v) is 9.20. The number of carbonyl (C=O) groups is 1. The Morgan fingerprint density at radius 1 is 1.06 bits per heavy atom. The summed E-state index contributed by atoms with van der Waals surface area (Å²) in [6.45, 7) is 1.93. The summed E-state index contributed by atoms with van der Waals surface area (Å²) in [4.78, 5) is 15.9. The number of aromatic nitrogens is 1. The number of rotatable bonds is 4. The molecular weight excluding hydrogens is 471 g/mol. The van der Waals surface area contributed by atoms with Crippen molar-refractivity contribution in [3.05, 3.63) is 77.4 Å². The molecule has 7 nitrogen and oxygen atoms in total. The standard InChI is InChI=1S/C23H14F3N3O4S/c1-13-2-5-15(6-3-13)22-29-18-11-16(7-8-19(18)33-22)28-21(30)17-10-14(12-27)4-9-20(17)34(31,32)23(24,25)26/h2-11H,1H3,(H,28,30). The summed E-state index contributed by atoms with van der Waals surface area (Å²) in [5, 5.41) is 11.4. The lowest BCUT2D eigenvalue weighted by Crippen LogP contribution is -2.26. The highest BCUT2D eigenvalue weighted by molar-refractivity contribution is 7.92. The zero-order chi connectivity index (χ0) is 24.7. The van der Waals surface area contributed by atoms with Gasteiger partial charge in [-0.15, -0.1) is 0 Å². The number of benzene rings is 3. The Morgan fingerprint density at radius 3 is 2.41 bits per heavy atom. The van der Waals surface area contributed by atoms with E-state index in [4.69, 9.17) is 9.68 Å². The van der Waals surface area contributed by atoms with Gasteiger partial charge >= 0.3 is 5.51 Å². The van der Waals surface area contributed by atoms with Gasteiger partial charge in [-0.25, -0.2) is 13.4 Å². The van der Waals surface area contributed by atoms with Gasteiger partial charge in [-0.2, -0.15) is 18.4 Å². The number of aryl methyl sites for hydroxylation is 1. The number of alkyl halides is 3. The maximum absolute atomic E-state index is 13.1. The van der Waals surface area contributed by atoms with Crippen LogP contribution in [0, 0.1) is 18.3 Å². The second-order valence-electron chi connectivity index (χ2n) is 7.29. The lowest BCUT2D eigenvalue weighted by molar-refractivity contribution is -0.0436. The number of nitrogens with zero attached hydrogens (tertiary/aromatic N) is 2. The predicted octanol–water partition coefficient (Wildman–Crippen LogP) is 5.22. The number of fused-ring (bicyclic) bond motifs is 1. The van der Waals surface area contributed by atoms with E-state index >= 15 is 0 Å². The number of hydrogen-bond donors (Lipinski definition) is 1. The van der Waals surface area contributed by atoms with Gasteiger partial charge in [0.25, 0.3) is 15.7 Å². The second kappa shape index (κ2) is 8.31. The zero-order valence-corrected chi connectivity index (χ0v) is 18.2. The summed E-state index contributed by atoms with van der Waals surface area (Å²) in [6, 6.07) is 15.7. The zero-order valence-electron chi connectivity index (χ0n) is 17.3.